The number of carbonyl (C=O) groups is 2. The third-order valence-electron chi connectivity index (χ3n) is 6.02. The summed E-state index contributed by atoms with van der Waals surface area (Å²) in [6.07, 6.45) is 2.56. The number of ether oxygens (including phenoxy) is 3. The van der Waals surface area contributed by atoms with Gasteiger partial charge in [0, 0.05) is 43.2 Å². The third kappa shape index (κ3) is 5.03. The van der Waals surface area contributed by atoms with Gasteiger partial charge in [-0.1, -0.05) is 23.7 Å². The maximum absolute atomic E-state index is 13.1. The van der Waals surface area contributed by atoms with Crippen LogP contribution in [0.3, 0.4) is 0 Å². The van der Waals surface area contributed by atoms with Gasteiger partial charge in [0.15, 0.2) is 0 Å². The Labute approximate surface area is 211 Å². The molecule has 1 N–H and O–H groups in total. The summed E-state index contributed by atoms with van der Waals surface area (Å²) in [5.74, 6) is 0.323. The van der Waals surface area contributed by atoms with Crippen LogP contribution in [0.15, 0.2) is 42.0 Å². The van der Waals surface area contributed by atoms with Gasteiger partial charge >= 0.3 is 6.09 Å². The number of pyridine rings is 1. The number of rotatable bonds is 7. The molecular formula is C24H23ClN4O5S. The van der Waals surface area contributed by atoms with Crippen molar-refractivity contribution >= 4 is 34.9 Å². The van der Waals surface area contributed by atoms with Crippen molar-refractivity contribution in [3.05, 3.63) is 58.2 Å². The molecule has 2 aromatic heterocycles. The van der Waals surface area contributed by atoms with E-state index in [9.17, 15) is 9.59 Å². The number of amides is 2. The molecule has 0 spiro atoms. The van der Waals surface area contributed by atoms with Crippen LogP contribution in [-0.4, -0.2) is 59.3 Å². The fraction of sp³-hybridized carbons (Fsp3) is 0.333. The summed E-state index contributed by atoms with van der Waals surface area (Å²) in [6.45, 7) is 1.24. The van der Waals surface area contributed by atoms with Crippen LogP contribution in [0, 0.1) is 0 Å². The molecule has 182 valence electrons. The van der Waals surface area contributed by atoms with Gasteiger partial charge in [0.25, 0.3) is 5.91 Å². The normalized spacial score (nSPS) is 19.1. The fourth-order valence-corrected chi connectivity index (χ4v) is 4.97. The molecule has 2 aliphatic heterocycles. The Balaban J connectivity index is 1.40. The number of methoxy groups -OCH3 is 1. The van der Waals surface area contributed by atoms with Crippen molar-refractivity contribution in [3.8, 4) is 22.2 Å². The third-order valence-corrected chi connectivity index (χ3v) is 7.05. The lowest BCUT2D eigenvalue weighted by Crippen LogP contribution is -2.44. The lowest BCUT2D eigenvalue weighted by Gasteiger charge is -2.32. The van der Waals surface area contributed by atoms with E-state index in [4.69, 9.17) is 25.8 Å². The highest BCUT2D eigenvalue weighted by molar-refractivity contribution is 7.13. The van der Waals surface area contributed by atoms with E-state index in [0.717, 1.165) is 10.4 Å². The molecule has 35 heavy (non-hydrogen) atoms. The highest BCUT2D eigenvalue weighted by atomic mass is 35.5. The quantitative estimate of drug-likeness (QED) is 0.505. The number of hydrogen-bond acceptors (Lipinski definition) is 8. The molecule has 5 rings (SSSR count). The molecule has 0 radical (unpaired) electrons. The first-order chi connectivity index (χ1) is 17.0. The molecule has 0 unspecified atom stereocenters. The number of nitrogens with zero attached hydrogens (tertiary/aromatic N) is 3. The minimum atomic E-state index is -0.338. The minimum absolute atomic E-state index is 0.0125. The zero-order valence-electron chi connectivity index (χ0n) is 18.9. The molecule has 11 heteroatoms. The second kappa shape index (κ2) is 10.1. The molecule has 1 aromatic carbocycles. The lowest BCUT2D eigenvalue weighted by atomic mass is 10.0. The number of benzene rings is 1. The van der Waals surface area contributed by atoms with Gasteiger partial charge in [0.1, 0.15) is 29.7 Å². The minimum Gasteiger partial charge on any atom is -0.488 e. The number of fused-ring (bicyclic) bond motifs is 1. The summed E-state index contributed by atoms with van der Waals surface area (Å²) < 4.78 is 17.0. The summed E-state index contributed by atoms with van der Waals surface area (Å²) in [4.78, 5) is 36.3. The van der Waals surface area contributed by atoms with Gasteiger partial charge in [-0.05, 0) is 17.7 Å². The smallest absolute Gasteiger partial charge is 0.410 e. The van der Waals surface area contributed by atoms with Crippen LogP contribution in [0.2, 0.25) is 5.02 Å². The van der Waals surface area contributed by atoms with Gasteiger partial charge in [-0.2, -0.15) is 0 Å². The molecule has 2 fully saturated rings. The Morgan fingerprint density at radius 1 is 1.34 bits per heavy atom. The van der Waals surface area contributed by atoms with E-state index in [0.29, 0.717) is 49.0 Å². The Morgan fingerprint density at radius 3 is 2.91 bits per heavy atom. The van der Waals surface area contributed by atoms with Crippen LogP contribution >= 0.6 is 22.9 Å². The monoisotopic (exact) mass is 514 g/mol. The van der Waals surface area contributed by atoms with Crippen LogP contribution in [0.4, 0.5) is 4.79 Å². The summed E-state index contributed by atoms with van der Waals surface area (Å²) in [5, 5.41) is 3.53. The predicted octanol–water partition coefficient (Wildman–Crippen LogP) is 4.16. The Morgan fingerprint density at radius 2 is 2.17 bits per heavy atom. The van der Waals surface area contributed by atoms with Crippen molar-refractivity contribution in [2.45, 2.75) is 31.5 Å². The number of carbonyl (C=O) groups excluding carboxylic acids is 2. The number of piperidine rings is 1. The fourth-order valence-electron chi connectivity index (χ4n) is 4.22. The van der Waals surface area contributed by atoms with Crippen LogP contribution in [-0.2, 0) is 11.3 Å². The van der Waals surface area contributed by atoms with E-state index in [1.54, 1.807) is 34.8 Å². The average molecular weight is 515 g/mol. The molecule has 2 amide bonds. The van der Waals surface area contributed by atoms with Crippen LogP contribution < -0.4 is 14.8 Å². The number of hydrogen-bond donors (Lipinski definition) is 1. The summed E-state index contributed by atoms with van der Waals surface area (Å²) in [7, 11) is 1.47. The predicted molar refractivity (Wildman–Crippen MR) is 130 cm³/mol. The molecule has 0 saturated carbocycles. The van der Waals surface area contributed by atoms with Crippen LogP contribution in [0.1, 0.15) is 28.8 Å². The van der Waals surface area contributed by atoms with E-state index in [2.05, 4.69) is 15.3 Å². The van der Waals surface area contributed by atoms with E-state index in [1.165, 1.54) is 18.4 Å². The number of aromatic nitrogens is 2. The first-order valence-corrected chi connectivity index (χ1v) is 12.4. The van der Waals surface area contributed by atoms with Crippen molar-refractivity contribution in [2.75, 3.05) is 20.3 Å². The van der Waals surface area contributed by atoms with Gasteiger partial charge in [-0.25, -0.2) is 9.78 Å². The van der Waals surface area contributed by atoms with Gasteiger partial charge < -0.3 is 24.4 Å². The second-order valence-electron chi connectivity index (χ2n) is 8.26. The highest BCUT2D eigenvalue weighted by Crippen LogP contribution is 2.37. The summed E-state index contributed by atoms with van der Waals surface area (Å²) >= 11 is 7.36. The molecule has 9 nitrogen and oxygen atoms in total. The average Bonchev–Trinajstić information content (AvgIpc) is 3.53. The molecular weight excluding hydrogens is 492 g/mol. The maximum atomic E-state index is 13.1. The molecule has 3 aromatic rings. The van der Waals surface area contributed by atoms with E-state index < -0.39 is 0 Å². The van der Waals surface area contributed by atoms with Gasteiger partial charge in [0.05, 0.1) is 23.5 Å². The van der Waals surface area contributed by atoms with Gasteiger partial charge in [-0.3, -0.25) is 9.78 Å². The van der Waals surface area contributed by atoms with E-state index in [1.807, 2.05) is 12.1 Å². The maximum Gasteiger partial charge on any atom is 0.410 e. The van der Waals surface area contributed by atoms with Crippen molar-refractivity contribution < 1.29 is 23.8 Å². The van der Waals surface area contributed by atoms with Crippen LogP contribution in [0.25, 0.3) is 10.6 Å². The zero-order chi connectivity index (χ0) is 24.4. The van der Waals surface area contributed by atoms with Gasteiger partial charge in [-0.15, -0.1) is 11.3 Å². The molecule has 4 heterocycles. The SMILES string of the molecule is COc1nc(-c2cncs2)c(O[C@H]2CCN3C(=O)OC[C@@H]3C2)cc1C(=O)NCc1ccc(Cl)cc1. The Hall–Kier alpha value is -3.37. The summed E-state index contributed by atoms with van der Waals surface area (Å²) in [5.41, 5.74) is 3.44. The molecule has 0 aliphatic carbocycles. The number of nitrogens with one attached hydrogen (secondary N) is 1. The number of thiazole rings is 1. The first-order valence-electron chi connectivity index (χ1n) is 11.1. The van der Waals surface area contributed by atoms with E-state index in [-0.39, 0.29) is 35.6 Å². The summed E-state index contributed by atoms with van der Waals surface area (Å²) in [6, 6.07) is 8.90. The number of halogens is 1. The van der Waals surface area contributed by atoms with Crippen molar-refractivity contribution in [3.63, 3.8) is 0 Å². The van der Waals surface area contributed by atoms with Gasteiger partial charge in [0.2, 0.25) is 5.88 Å². The molecule has 0 bridgehead atoms. The van der Waals surface area contributed by atoms with Crippen LogP contribution in [0.5, 0.6) is 11.6 Å². The zero-order valence-corrected chi connectivity index (χ0v) is 20.5. The largest absolute Gasteiger partial charge is 0.488 e. The Kier molecular flexibility index (Phi) is 6.74. The number of cyclic esters (lactones) is 1. The molecule has 2 saturated heterocycles. The second-order valence-corrected chi connectivity index (χ2v) is 9.58. The lowest BCUT2D eigenvalue weighted by molar-refractivity contribution is 0.0913. The first kappa shape index (κ1) is 23.4. The highest BCUT2D eigenvalue weighted by Gasteiger charge is 2.39. The Bertz CT molecular complexity index is 1220. The van der Waals surface area contributed by atoms with Crippen molar-refractivity contribution in [2.24, 2.45) is 0 Å². The van der Waals surface area contributed by atoms with Crippen molar-refractivity contribution in [1.82, 2.24) is 20.2 Å². The topological polar surface area (TPSA) is 103 Å². The molecule has 2 aliphatic rings. The molecule has 2 atom stereocenters. The van der Waals surface area contributed by atoms with Crippen molar-refractivity contribution in [1.29, 1.82) is 0 Å². The van der Waals surface area contributed by atoms with E-state index >= 15 is 0 Å². The standard InChI is InChI=1S/C24H23ClN4O5S/c1-32-23-18(22(30)27-10-14-2-4-15(25)5-3-14)9-19(21(28-23)20-11-26-13-35-20)34-17-6-7-29-16(8-17)12-33-24(29)31/h2-5,9,11,13,16-17H,6-8,10,12H2,1H3,(H,27,30)/t16-,17-/m0/s1.